The average molecular weight is 421 g/mol. The van der Waals surface area contributed by atoms with Crippen LogP contribution in [0.15, 0.2) is 12.2 Å². The van der Waals surface area contributed by atoms with Gasteiger partial charge in [0.1, 0.15) is 5.00 Å². The van der Waals surface area contributed by atoms with Crippen LogP contribution in [0.5, 0.6) is 0 Å². The van der Waals surface area contributed by atoms with Gasteiger partial charge in [0.25, 0.3) is 11.8 Å². The summed E-state index contributed by atoms with van der Waals surface area (Å²) >= 11 is 1.45. The molecule has 2 amide bonds. The minimum atomic E-state index is -0.422. The van der Waals surface area contributed by atoms with E-state index in [-0.39, 0.29) is 24.4 Å². The lowest BCUT2D eigenvalue weighted by Gasteiger charge is -2.16. The molecular weight excluding hydrogens is 392 g/mol. The Balaban J connectivity index is 1.63. The molecule has 3 rings (SSSR count). The number of hydrogen-bond acceptors (Lipinski definition) is 6. The van der Waals surface area contributed by atoms with E-state index in [1.165, 1.54) is 11.3 Å². The van der Waals surface area contributed by atoms with E-state index in [1.54, 1.807) is 7.11 Å². The zero-order valence-corrected chi connectivity index (χ0v) is 17.6. The number of esters is 1. The van der Waals surface area contributed by atoms with E-state index >= 15 is 0 Å². The summed E-state index contributed by atoms with van der Waals surface area (Å²) in [6, 6.07) is 0. The van der Waals surface area contributed by atoms with Crippen molar-refractivity contribution < 1.29 is 23.9 Å². The number of methoxy groups -OCH3 is 1. The number of carbonyl (C=O) groups excluding carboxylic acids is 3. The third kappa shape index (κ3) is 5.67. The number of nitrogens with one attached hydrogen (secondary N) is 2. The Bertz CT molecular complexity index is 786. The first-order chi connectivity index (χ1) is 14.1. The van der Waals surface area contributed by atoms with E-state index in [0.717, 1.165) is 49.0 Å². The molecule has 1 aromatic rings. The van der Waals surface area contributed by atoms with Crippen LogP contribution in [0.2, 0.25) is 0 Å². The largest absolute Gasteiger partial charge is 0.455 e. The molecule has 29 heavy (non-hydrogen) atoms. The maximum atomic E-state index is 12.7. The number of hydrogen-bond donors (Lipinski definition) is 2. The topological polar surface area (TPSA) is 93.7 Å². The molecule has 1 heterocycles. The van der Waals surface area contributed by atoms with Gasteiger partial charge in [-0.1, -0.05) is 12.2 Å². The fourth-order valence-electron chi connectivity index (χ4n) is 3.67. The SMILES string of the molecule is COCCNC(=O)c1c(NC(=O)COC(=O)[C@H]2CC=CCC2)sc2c1CCCC2. The highest BCUT2D eigenvalue weighted by Gasteiger charge is 2.27. The summed E-state index contributed by atoms with van der Waals surface area (Å²) in [6.07, 6.45) is 10.1. The van der Waals surface area contributed by atoms with Gasteiger partial charge in [0.2, 0.25) is 0 Å². The molecule has 0 aromatic carbocycles. The third-order valence-electron chi connectivity index (χ3n) is 5.19. The summed E-state index contributed by atoms with van der Waals surface area (Å²) in [6.45, 7) is 0.485. The number of aryl methyl sites for hydroxylation is 1. The number of amides is 2. The van der Waals surface area contributed by atoms with Crippen molar-refractivity contribution in [3.63, 3.8) is 0 Å². The molecule has 0 fully saturated rings. The standard InChI is InChI=1S/C21H28N2O5S/c1-27-12-11-22-19(25)18-15-9-5-6-10-16(15)29-20(18)23-17(24)13-28-21(26)14-7-3-2-4-8-14/h2-3,14H,4-13H2,1H3,(H,22,25)(H,23,24)/t14-/m0/s1. The van der Waals surface area contributed by atoms with Gasteiger partial charge in [-0.2, -0.15) is 0 Å². The molecule has 1 aromatic heterocycles. The number of carbonyl (C=O) groups is 3. The van der Waals surface area contributed by atoms with Gasteiger partial charge in [-0.15, -0.1) is 11.3 Å². The summed E-state index contributed by atoms with van der Waals surface area (Å²) in [4.78, 5) is 38.4. The van der Waals surface area contributed by atoms with Crippen molar-refractivity contribution in [1.82, 2.24) is 5.32 Å². The smallest absolute Gasteiger partial charge is 0.309 e. The molecule has 0 unspecified atom stereocenters. The lowest BCUT2D eigenvalue weighted by atomic mass is 9.95. The summed E-state index contributed by atoms with van der Waals surface area (Å²) in [5, 5.41) is 6.17. The first kappa shape index (κ1) is 21.5. The minimum Gasteiger partial charge on any atom is -0.455 e. The van der Waals surface area contributed by atoms with Crippen molar-refractivity contribution >= 4 is 34.1 Å². The molecule has 0 radical (unpaired) electrons. The number of fused-ring (bicyclic) bond motifs is 1. The van der Waals surface area contributed by atoms with Gasteiger partial charge in [-0.3, -0.25) is 14.4 Å². The van der Waals surface area contributed by atoms with Crippen LogP contribution in [0.3, 0.4) is 0 Å². The number of thiophene rings is 1. The van der Waals surface area contributed by atoms with Gasteiger partial charge in [-0.25, -0.2) is 0 Å². The van der Waals surface area contributed by atoms with Crippen molar-refractivity contribution in [3.8, 4) is 0 Å². The molecule has 0 aliphatic heterocycles. The summed E-state index contributed by atoms with van der Waals surface area (Å²) in [5.41, 5.74) is 1.57. The summed E-state index contributed by atoms with van der Waals surface area (Å²) < 4.78 is 10.2. The fraction of sp³-hybridized carbons (Fsp3) is 0.571. The van der Waals surface area contributed by atoms with Crippen LogP contribution < -0.4 is 10.6 Å². The van der Waals surface area contributed by atoms with Crippen LogP contribution >= 0.6 is 11.3 Å². The van der Waals surface area contributed by atoms with Crippen LogP contribution in [-0.4, -0.2) is 44.7 Å². The molecule has 2 N–H and O–H groups in total. The number of ether oxygens (including phenoxy) is 2. The Morgan fingerprint density at radius 3 is 2.79 bits per heavy atom. The Morgan fingerprint density at radius 1 is 1.21 bits per heavy atom. The van der Waals surface area contributed by atoms with Crippen molar-refractivity contribution in [2.75, 3.05) is 32.2 Å². The molecule has 2 aliphatic carbocycles. The van der Waals surface area contributed by atoms with E-state index in [0.29, 0.717) is 30.1 Å². The molecule has 8 heteroatoms. The van der Waals surface area contributed by atoms with E-state index in [4.69, 9.17) is 9.47 Å². The fourth-order valence-corrected chi connectivity index (χ4v) is 4.98. The molecule has 158 valence electrons. The van der Waals surface area contributed by atoms with Gasteiger partial charge >= 0.3 is 5.97 Å². The predicted octanol–water partition coefficient (Wildman–Crippen LogP) is 2.84. The zero-order chi connectivity index (χ0) is 20.6. The molecule has 1 atom stereocenters. The van der Waals surface area contributed by atoms with Crippen molar-refractivity contribution in [1.29, 1.82) is 0 Å². The van der Waals surface area contributed by atoms with E-state index < -0.39 is 5.91 Å². The average Bonchev–Trinajstić information content (AvgIpc) is 3.10. The molecule has 0 saturated carbocycles. The molecule has 0 spiro atoms. The first-order valence-electron chi connectivity index (χ1n) is 10.1. The van der Waals surface area contributed by atoms with Crippen LogP contribution in [-0.2, 0) is 31.9 Å². The maximum absolute atomic E-state index is 12.7. The molecule has 0 bridgehead atoms. The highest BCUT2D eigenvalue weighted by Crippen LogP contribution is 2.38. The second kappa shape index (κ2) is 10.5. The summed E-state index contributed by atoms with van der Waals surface area (Å²) in [5.74, 6) is -1.14. The van der Waals surface area contributed by atoms with Gasteiger partial charge in [0.15, 0.2) is 6.61 Å². The Hall–Kier alpha value is -2.19. The normalized spacial score (nSPS) is 18.0. The first-order valence-corrected chi connectivity index (χ1v) is 10.9. The van der Waals surface area contributed by atoms with Crippen molar-refractivity contribution in [3.05, 3.63) is 28.2 Å². The highest BCUT2D eigenvalue weighted by atomic mass is 32.1. The van der Waals surface area contributed by atoms with Crippen LogP contribution in [0.25, 0.3) is 0 Å². The van der Waals surface area contributed by atoms with Gasteiger partial charge in [0, 0.05) is 18.5 Å². The second-order valence-electron chi connectivity index (χ2n) is 7.30. The molecular formula is C21H28N2O5S. The van der Waals surface area contributed by atoms with Crippen LogP contribution in [0.1, 0.15) is 52.9 Å². The minimum absolute atomic E-state index is 0.177. The quantitative estimate of drug-likeness (QED) is 0.383. The van der Waals surface area contributed by atoms with Gasteiger partial charge < -0.3 is 20.1 Å². The Labute approximate surface area is 174 Å². The Morgan fingerprint density at radius 2 is 2.03 bits per heavy atom. The third-order valence-corrected chi connectivity index (χ3v) is 6.40. The molecule has 0 saturated heterocycles. The van der Waals surface area contributed by atoms with E-state index in [2.05, 4.69) is 10.6 Å². The summed E-state index contributed by atoms with van der Waals surface area (Å²) in [7, 11) is 1.58. The van der Waals surface area contributed by atoms with E-state index in [9.17, 15) is 14.4 Å². The lowest BCUT2D eigenvalue weighted by molar-refractivity contribution is -0.151. The zero-order valence-electron chi connectivity index (χ0n) is 16.8. The Kier molecular flexibility index (Phi) is 7.83. The monoisotopic (exact) mass is 420 g/mol. The van der Waals surface area contributed by atoms with Crippen molar-refractivity contribution in [2.45, 2.75) is 44.9 Å². The predicted molar refractivity (Wildman–Crippen MR) is 111 cm³/mol. The number of allylic oxidation sites excluding steroid dienone is 2. The van der Waals surface area contributed by atoms with Crippen molar-refractivity contribution in [2.24, 2.45) is 5.92 Å². The van der Waals surface area contributed by atoms with Crippen LogP contribution in [0, 0.1) is 5.92 Å². The highest BCUT2D eigenvalue weighted by molar-refractivity contribution is 7.17. The number of rotatable bonds is 8. The van der Waals surface area contributed by atoms with Gasteiger partial charge in [-0.05, 0) is 50.5 Å². The van der Waals surface area contributed by atoms with Gasteiger partial charge in [0.05, 0.1) is 18.1 Å². The molecule has 7 nitrogen and oxygen atoms in total. The maximum Gasteiger partial charge on any atom is 0.309 e. The number of anilines is 1. The molecule has 2 aliphatic rings. The second-order valence-corrected chi connectivity index (χ2v) is 8.41. The lowest BCUT2D eigenvalue weighted by Crippen LogP contribution is -2.29. The van der Waals surface area contributed by atoms with Crippen LogP contribution in [0.4, 0.5) is 5.00 Å². The van der Waals surface area contributed by atoms with E-state index in [1.807, 2.05) is 12.2 Å².